The van der Waals surface area contributed by atoms with Crippen molar-refractivity contribution in [3.05, 3.63) is 151 Å². The van der Waals surface area contributed by atoms with E-state index in [9.17, 15) is 0 Å². The Kier molecular flexibility index (Phi) is 5.89. The summed E-state index contributed by atoms with van der Waals surface area (Å²) in [5.74, 6) is 0.582. The first-order chi connectivity index (χ1) is 20.7. The lowest BCUT2D eigenvalue weighted by atomic mass is 9.86. The Morgan fingerprint density at radius 3 is 1.71 bits per heavy atom. The Hall–Kier alpha value is -5.14. The molecule has 1 heteroatoms. The van der Waals surface area contributed by atoms with Crippen molar-refractivity contribution in [3.63, 3.8) is 0 Å². The van der Waals surface area contributed by atoms with Gasteiger partial charge >= 0.3 is 0 Å². The van der Waals surface area contributed by atoms with Gasteiger partial charge in [-0.3, -0.25) is 0 Å². The fourth-order valence-corrected chi connectivity index (χ4v) is 6.46. The molecule has 7 aromatic carbocycles. The van der Waals surface area contributed by atoms with E-state index in [1.165, 1.54) is 65.7 Å². The number of hydrogen-bond donors (Lipinski definition) is 1. The molecule has 0 bridgehead atoms. The van der Waals surface area contributed by atoms with Crippen LogP contribution in [0.3, 0.4) is 0 Å². The molecule has 1 aliphatic rings. The summed E-state index contributed by atoms with van der Waals surface area (Å²) in [4.78, 5) is 0. The van der Waals surface area contributed by atoms with Gasteiger partial charge in [-0.05, 0) is 114 Å². The van der Waals surface area contributed by atoms with Gasteiger partial charge in [0.05, 0.1) is 0 Å². The van der Waals surface area contributed by atoms with Crippen LogP contribution in [-0.2, 0) is 6.42 Å². The number of benzene rings is 7. The van der Waals surface area contributed by atoms with Crippen LogP contribution in [0.4, 0.5) is 11.4 Å². The molecule has 0 radical (unpaired) electrons. The van der Waals surface area contributed by atoms with Gasteiger partial charge in [-0.25, -0.2) is 0 Å². The molecule has 0 saturated carbocycles. The number of rotatable bonds is 4. The van der Waals surface area contributed by atoms with Gasteiger partial charge in [0.1, 0.15) is 0 Å². The van der Waals surface area contributed by atoms with Gasteiger partial charge in [0.2, 0.25) is 0 Å². The van der Waals surface area contributed by atoms with Crippen molar-refractivity contribution in [2.75, 3.05) is 5.32 Å². The minimum Gasteiger partial charge on any atom is -0.356 e. The topological polar surface area (TPSA) is 12.0 Å². The third-order valence-electron chi connectivity index (χ3n) is 8.77. The molecular formula is C41H31N. The second-order valence-corrected chi connectivity index (χ2v) is 11.6. The molecular weight excluding hydrogens is 506 g/mol. The number of nitrogens with one attached hydrogen (secondary N) is 1. The Bertz CT molecular complexity index is 2130. The first-order valence-electron chi connectivity index (χ1n) is 14.8. The van der Waals surface area contributed by atoms with Crippen LogP contribution in [0.15, 0.2) is 140 Å². The van der Waals surface area contributed by atoms with E-state index in [2.05, 4.69) is 158 Å². The summed E-state index contributed by atoms with van der Waals surface area (Å²) in [7, 11) is 0. The maximum atomic E-state index is 3.58. The van der Waals surface area contributed by atoms with Gasteiger partial charge in [-0.1, -0.05) is 116 Å². The summed E-state index contributed by atoms with van der Waals surface area (Å²) >= 11 is 0. The molecule has 1 nitrogen and oxygen atoms in total. The van der Waals surface area contributed by atoms with Crippen LogP contribution in [0, 0.1) is 5.92 Å². The highest BCUT2D eigenvalue weighted by Gasteiger charge is 2.14. The van der Waals surface area contributed by atoms with Crippen LogP contribution in [0.1, 0.15) is 18.1 Å². The van der Waals surface area contributed by atoms with Crippen LogP contribution in [0.25, 0.3) is 60.6 Å². The van der Waals surface area contributed by atoms with E-state index in [1.807, 2.05) is 0 Å². The molecule has 0 aliphatic heterocycles. The van der Waals surface area contributed by atoms with Crippen molar-refractivity contribution in [3.8, 4) is 22.3 Å². The molecule has 8 rings (SSSR count). The van der Waals surface area contributed by atoms with Crippen LogP contribution < -0.4 is 5.32 Å². The van der Waals surface area contributed by atoms with Crippen LogP contribution >= 0.6 is 0 Å². The minimum atomic E-state index is 0.582. The summed E-state index contributed by atoms with van der Waals surface area (Å²) in [5, 5.41) is 11.4. The molecule has 42 heavy (non-hydrogen) atoms. The Labute approximate surface area is 246 Å². The summed E-state index contributed by atoms with van der Waals surface area (Å²) in [6.07, 6.45) is 5.71. The summed E-state index contributed by atoms with van der Waals surface area (Å²) in [6.45, 7) is 2.30. The zero-order chi connectivity index (χ0) is 28.0. The second-order valence-electron chi connectivity index (χ2n) is 11.6. The highest BCUT2D eigenvalue weighted by molar-refractivity contribution is 6.08. The largest absolute Gasteiger partial charge is 0.356 e. The smallest absolute Gasteiger partial charge is 0.0384 e. The zero-order valence-corrected chi connectivity index (χ0v) is 23.6. The third kappa shape index (κ3) is 4.44. The van der Waals surface area contributed by atoms with E-state index in [-0.39, 0.29) is 0 Å². The van der Waals surface area contributed by atoms with E-state index in [4.69, 9.17) is 0 Å². The molecule has 1 aliphatic carbocycles. The maximum absolute atomic E-state index is 3.58. The molecule has 1 N–H and O–H groups in total. The maximum Gasteiger partial charge on any atom is 0.0384 e. The van der Waals surface area contributed by atoms with Gasteiger partial charge in [0.25, 0.3) is 0 Å². The Balaban J connectivity index is 1.03. The number of fused-ring (bicyclic) bond motifs is 6. The number of hydrogen-bond acceptors (Lipinski definition) is 1. The second kappa shape index (κ2) is 10.0. The molecule has 0 aromatic heterocycles. The molecule has 0 saturated heterocycles. The lowest BCUT2D eigenvalue weighted by Crippen LogP contribution is -2.04. The van der Waals surface area contributed by atoms with Gasteiger partial charge in [-0.2, -0.15) is 0 Å². The van der Waals surface area contributed by atoms with Crippen molar-refractivity contribution in [2.24, 2.45) is 5.92 Å². The normalized spacial score (nSPS) is 14.4. The molecule has 0 heterocycles. The first-order valence-corrected chi connectivity index (χ1v) is 14.8. The van der Waals surface area contributed by atoms with E-state index in [0.717, 1.165) is 17.8 Å². The average molecular weight is 538 g/mol. The van der Waals surface area contributed by atoms with Crippen molar-refractivity contribution >= 4 is 49.8 Å². The Morgan fingerprint density at radius 1 is 0.500 bits per heavy atom. The molecule has 0 spiro atoms. The lowest BCUT2D eigenvalue weighted by Gasteiger charge is -2.18. The van der Waals surface area contributed by atoms with E-state index < -0.39 is 0 Å². The van der Waals surface area contributed by atoms with Gasteiger partial charge < -0.3 is 5.32 Å². The fourth-order valence-electron chi connectivity index (χ4n) is 6.46. The number of allylic oxidation sites excluding steroid dienone is 1. The summed E-state index contributed by atoms with van der Waals surface area (Å²) < 4.78 is 0. The predicted molar refractivity (Wildman–Crippen MR) is 181 cm³/mol. The average Bonchev–Trinajstić information content (AvgIpc) is 3.05. The predicted octanol–water partition coefficient (Wildman–Crippen LogP) is 11.4. The molecule has 0 amide bonds. The van der Waals surface area contributed by atoms with Gasteiger partial charge in [0.15, 0.2) is 0 Å². The zero-order valence-electron chi connectivity index (χ0n) is 23.6. The molecule has 1 atom stereocenters. The van der Waals surface area contributed by atoms with Crippen molar-refractivity contribution in [1.82, 2.24) is 0 Å². The minimum absolute atomic E-state index is 0.582. The van der Waals surface area contributed by atoms with Gasteiger partial charge in [0, 0.05) is 11.4 Å². The molecule has 7 aromatic rings. The van der Waals surface area contributed by atoms with Crippen molar-refractivity contribution < 1.29 is 0 Å². The standard InChI is InChI=1S/C41H31N/c1-27-6-7-31-10-11-33-13-15-35(26-41(33)39(31)24-27)29-18-22-37(23-19-29)42-36-20-16-28(17-21-36)34-14-12-32-9-8-30-4-2-3-5-38(30)40(32)25-34/h2-23,25-27,42H,24H2,1H3. The third-order valence-corrected chi connectivity index (χ3v) is 8.77. The summed E-state index contributed by atoms with van der Waals surface area (Å²) in [5.41, 5.74) is 9.94. The highest BCUT2D eigenvalue weighted by atomic mass is 14.9. The number of anilines is 2. The molecule has 200 valence electrons. The SMILES string of the molecule is CC1C=Cc2ccc3ccc(-c4ccc(Nc5ccc(-c6ccc7ccc8ccccc8c7c6)cc5)cc4)cc3c2C1. The van der Waals surface area contributed by atoms with Crippen LogP contribution in [0.5, 0.6) is 0 Å². The molecule has 1 unspecified atom stereocenters. The van der Waals surface area contributed by atoms with E-state index >= 15 is 0 Å². The van der Waals surface area contributed by atoms with Crippen molar-refractivity contribution in [2.45, 2.75) is 13.3 Å². The van der Waals surface area contributed by atoms with E-state index in [0.29, 0.717) is 5.92 Å². The van der Waals surface area contributed by atoms with Crippen LogP contribution in [-0.4, -0.2) is 0 Å². The van der Waals surface area contributed by atoms with E-state index in [1.54, 1.807) is 0 Å². The van der Waals surface area contributed by atoms with Crippen molar-refractivity contribution in [1.29, 1.82) is 0 Å². The highest BCUT2D eigenvalue weighted by Crippen LogP contribution is 2.34. The lowest BCUT2D eigenvalue weighted by molar-refractivity contribution is 0.721. The van der Waals surface area contributed by atoms with Gasteiger partial charge in [-0.15, -0.1) is 0 Å². The first kappa shape index (κ1) is 24.6. The summed E-state index contributed by atoms with van der Waals surface area (Å²) in [6, 6.07) is 48.7. The van der Waals surface area contributed by atoms with Crippen LogP contribution in [0.2, 0.25) is 0 Å². The molecule has 0 fully saturated rings. The monoisotopic (exact) mass is 537 g/mol. The Morgan fingerprint density at radius 2 is 1.02 bits per heavy atom. The quantitative estimate of drug-likeness (QED) is 0.220. The fraction of sp³-hybridized carbons (Fsp3) is 0.0732.